The van der Waals surface area contributed by atoms with Crippen LogP contribution in [0.2, 0.25) is 0 Å². The monoisotopic (exact) mass is 211 g/mol. The first-order valence-electron chi connectivity index (χ1n) is 6.32. The Balaban J connectivity index is 1.72. The Morgan fingerprint density at radius 1 is 1.00 bits per heavy atom. The summed E-state index contributed by atoms with van der Waals surface area (Å²) in [6.07, 6.45) is 6.56. The molecule has 0 saturated carbocycles. The van der Waals surface area contributed by atoms with Gasteiger partial charge in [-0.2, -0.15) is 0 Å². The summed E-state index contributed by atoms with van der Waals surface area (Å²) in [5, 5.41) is 14.4. The lowest BCUT2D eigenvalue weighted by atomic mass is 9.74. The molecule has 0 aromatic heterocycles. The van der Waals surface area contributed by atoms with Crippen LogP contribution in [0, 0.1) is 5.92 Å². The zero-order valence-electron chi connectivity index (χ0n) is 9.24. The number of hydrogen-bond donors (Lipinski definition) is 2. The molecule has 0 spiro atoms. The standard InChI is InChI=1S/C12H21NO2/c14-12(9-3-5-15-6-4-9)7-10-1-2-11(8-12)13-10/h9-11,13-14H,1-8H2. The Hall–Kier alpha value is -0.120. The van der Waals surface area contributed by atoms with Crippen LogP contribution in [-0.2, 0) is 4.74 Å². The molecule has 86 valence electrons. The zero-order chi connectivity index (χ0) is 10.3. The van der Waals surface area contributed by atoms with Gasteiger partial charge >= 0.3 is 0 Å². The number of hydrogen-bond acceptors (Lipinski definition) is 3. The SMILES string of the molecule is OC1(C2CCOCC2)CC2CCC(C1)N2. The van der Waals surface area contributed by atoms with Gasteiger partial charge in [0.1, 0.15) is 0 Å². The van der Waals surface area contributed by atoms with Gasteiger partial charge in [-0.05, 0) is 44.4 Å². The van der Waals surface area contributed by atoms with E-state index in [-0.39, 0.29) is 5.60 Å². The predicted octanol–water partition coefficient (Wildman–Crippen LogP) is 1.06. The van der Waals surface area contributed by atoms with E-state index in [0.29, 0.717) is 18.0 Å². The summed E-state index contributed by atoms with van der Waals surface area (Å²) in [6, 6.07) is 1.16. The molecule has 3 rings (SSSR count). The molecule has 3 fully saturated rings. The number of rotatable bonds is 1. The fourth-order valence-electron chi connectivity index (χ4n) is 3.73. The third-order valence-corrected chi connectivity index (χ3v) is 4.52. The van der Waals surface area contributed by atoms with Gasteiger partial charge in [-0.1, -0.05) is 0 Å². The summed E-state index contributed by atoms with van der Waals surface area (Å²) in [6.45, 7) is 1.69. The zero-order valence-corrected chi connectivity index (χ0v) is 9.24. The van der Waals surface area contributed by atoms with E-state index < -0.39 is 0 Å². The second-order valence-corrected chi connectivity index (χ2v) is 5.54. The van der Waals surface area contributed by atoms with Crippen molar-refractivity contribution in [2.24, 2.45) is 5.92 Å². The summed E-state index contributed by atoms with van der Waals surface area (Å²) in [4.78, 5) is 0. The topological polar surface area (TPSA) is 41.5 Å². The van der Waals surface area contributed by atoms with Gasteiger partial charge in [0.15, 0.2) is 0 Å². The normalized spacial score (nSPS) is 47.0. The second kappa shape index (κ2) is 3.72. The van der Waals surface area contributed by atoms with Crippen molar-refractivity contribution in [3.05, 3.63) is 0 Å². The minimum absolute atomic E-state index is 0.388. The first-order chi connectivity index (χ1) is 7.26. The molecule has 2 unspecified atom stereocenters. The summed E-state index contributed by atoms with van der Waals surface area (Å²) in [7, 11) is 0. The van der Waals surface area contributed by atoms with Gasteiger partial charge in [-0.15, -0.1) is 0 Å². The van der Waals surface area contributed by atoms with Crippen molar-refractivity contribution in [2.45, 2.75) is 56.2 Å². The molecule has 0 aromatic rings. The van der Waals surface area contributed by atoms with Crippen LogP contribution in [0.15, 0.2) is 0 Å². The summed E-state index contributed by atoms with van der Waals surface area (Å²) >= 11 is 0. The minimum Gasteiger partial charge on any atom is -0.389 e. The maximum absolute atomic E-state index is 10.8. The van der Waals surface area contributed by atoms with E-state index in [0.717, 1.165) is 38.9 Å². The average Bonchev–Trinajstić information content (AvgIpc) is 2.60. The number of nitrogens with one attached hydrogen (secondary N) is 1. The van der Waals surface area contributed by atoms with E-state index in [1.807, 2.05) is 0 Å². The van der Waals surface area contributed by atoms with Crippen molar-refractivity contribution in [1.29, 1.82) is 0 Å². The molecule has 0 amide bonds. The minimum atomic E-state index is -0.388. The van der Waals surface area contributed by atoms with Gasteiger partial charge in [0, 0.05) is 25.3 Å². The van der Waals surface area contributed by atoms with Crippen LogP contribution >= 0.6 is 0 Å². The number of piperidine rings is 1. The Morgan fingerprint density at radius 3 is 2.20 bits per heavy atom. The quantitative estimate of drug-likeness (QED) is 0.681. The number of aliphatic hydroxyl groups is 1. The highest BCUT2D eigenvalue weighted by molar-refractivity contribution is 5.02. The van der Waals surface area contributed by atoms with Crippen LogP contribution in [0.3, 0.4) is 0 Å². The molecule has 3 aliphatic rings. The lowest BCUT2D eigenvalue weighted by Gasteiger charge is -2.44. The van der Waals surface area contributed by atoms with Crippen molar-refractivity contribution in [3.63, 3.8) is 0 Å². The molecule has 0 aromatic carbocycles. The summed E-state index contributed by atoms with van der Waals surface area (Å²) < 4.78 is 5.38. The van der Waals surface area contributed by atoms with Crippen LogP contribution < -0.4 is 5.32 Å². The maximum atomic E-state index is 10.8. The van der Waals surface area contributed by atoms with Crippen LogP contribution in [0.25, 0.3) is 0 Å². The lowest BCUT2D eigenvalue weighted by Crippen LogP contribution is -2.53. The second-order valence-electron chi connectivity index (χ2n) is 5.54. The third kappa shape index (κ3) is 1.81. The Labute approximate surface area is 91.2 Å². The van der Waals surface area contributed by atoms with Gasteiger partial charge in [0.05, 0.1) is 5.60 Å². The molecule has 3 saturated heterocycles. The van der Waals surface area contributed by atoms with Gasteiger partial charge < -0.3 is 15.2 Å². The highest BCUT2D eigenvalue weighted by atomic mass is 16.5. The van der Waals surface area contributed by atoms with Crippen LogP contribution in [0.5, 0.6) is 0 Å². The highest BCUT2D eigenvalue weighted by Gasteiger charge is 2.46. The van der Waals surface area contributed by atoms with Gasteiger partial charge in [0.25, 0.3) is 0 Å². The largest absolute Gasteiger partial charge is 0.389 e. The van der Waals surface area contributed by atoms with E-state index >= 15 is 0 Å². The van der Waals surface area contributed by atoms with E-state index in [1.165, 1.54) is 12.8 Å². The van der Waals surface area contributed by atoms with Crippen LogP contribution in [-0.4, -0.2) is 36.0 Å². The lowest BCUT2D eigenvalue weighted by molar-refractivity contribution is -0.0920. The van der Waals surface area contributed by atoms with Crippen LogP contribution in [0.1, 0.15) is 38.5 Å². The summed E-state index contributed by atoms with van der Waals surface area (Å²) in [5.41, 5.74) is -0.388. The molecule has 2 bridgehead atoms. The van der Waals surface area contributed by atoms with E-state index in [2.05, 4.69) is 5.32 Å². The highest BCUT2D eigenvalue weighted by Crippen LogP contribution is 2.41. The molecule has 0 radical (unpaired) electrons. The van der Waals surface area contributed by atoms with Crippen LogP contribution in [0.4, 0.5) is 0 Å². The Bertz CT molecular complexity index is 226. The average molecular weight is 211 g/mol. The van der Waals surface area contributed by atoms with Crippen molar-refractivity contribution in [3.8, 4) is 0 Å². The molecule has 3 nitrogen and oxygen atoms in total. The van der Waals surface area contributed by atoms with E-state index in [9.17, 15) is 5.11 Å². The summed E-state index contributed by atoms with van der Waals surface area (Å²) in [5.74, 6) is 0.483. The molecule has 0 aliphatic carbocycles. The molecule has 2 N–H and O–H groups in total. The first-order valence-corrected chi connectivity index (χ1v) is 6.32. The van der Waals surface area contributed by atoms with Gasteiger partial charge in [-0.3, -0.25) is 0 Å². The van der Waals surface area contributed by atoms with Crippen molar-refractivity contribution >= 4 is 0 Å². The Morgan fingerprint density at radius 2 is 1.60 bits per heavy atom. The third-order valence-electron chi connectivity index (χ3n) is 4.52. The molecular weight excluding hydrogens is 190 g/mol. The van der Waals surface area contributed by atoms with Gasteiger partial charge in [0.2, 0.25) is 0 Å². The number of fused-ring (bicyclic) bond motifs is 2. The van der Waals surface area contributed by atoms with Crippen molar-refractivity contribution < 1.29 is 9.84 Å². The van der Waals surface area contributed by atoms with Gasteiger partial charge in [-0.25, -0.2) is 0 Å². The molecular formula is C12H21NO2. The smallest absolute Gasteiger partial charge is 0.0707 e. The number of ether oxygens (including phenoxy) is 1. The van der Waals surface area contributed by atoms with Crippen molar-refractivity contribution in [2.75, 3.05) is 13.2 Å². The molecule has 3 aliphatic heterocycles. The van der Waals surface area contributed by atoms with Crippen molar-refractivity contribution in [1.82, 2.24) is 5.32 Å². The molecule has 2 atom stereocenters. The molecule has 3 heterocycles. The van der Waals surface area contributed by atoms with E-state index in [1.54, 1.807) is 0 Å². The molecule has 15 heavy (non-hydrogen) atoms. The fourth-order valence-corrected chi connectivity index (χ4v) is 3.73. The van der Waals surface area contributed by atoms with E-state index in [4.69, 9.17) is 4.74 Å². The predicted molar refractivity (Wildman–Crippen MR) is 57.7 cm³/mol. The first kappa shape index (κ1) is 10.1. The molecule has 3 heteroatoms. The Kier molecular flexibility index (Phi) is 2.49. The maximum Gasteiger partial charge on any atom is 0.0707 e. The fraction of sp³-hybridized carbons (Fsp3) is 1.00.